The Morgan fingerprint density at radius 2 is 1.19 bits per heavy atom. The van der Waals surface area contributed by atoms with Gasteiger partial charge in [0.2, 0.25) is 5.36 Å². The molecule has 0 bridgehead atoms. The van der Waals surface area contributed by atoms with Crippen LogP contribution in [0.5, 0.6) is 0 Å². The average molecular weight is 1240 g/mol. The maximum Gasteiger partial charge on any atom is 0.333 e. The Morgan fingerprint density at radius 1 is 0.671 bits per heavy atom. The number of amides is 2. The number of nitrogens with zero attached hydrogens (tertiary/aromatic N) is 3. The fraction of sp³-hybridized carbons (Fsp3) is 0.621. The number of fused-ring (bicyclic) bond motifs is 2. The second-order valence-corrected chi connectivity index (χ2v) is 22.8. The number of anilines is 1. The van der Waals surface area contributed by atoms with Crippen LogP contribution < -0.4 is 14.8 Å². The van der Waals surface area contributed by atoms with Gasteiger partial charge in [-0.2, -0.15) is 8.42 Å². The van der Waals surface area contributed by atoms with Crippen molar-refractivity contribution < 1.29 is 102 Å². The van der Waals surface area contributed by atoms with Crippen molar-refractivity contribution in [3.8, 4) is 11.3 Å². The predicted molar refractivity (Wildman–Crippen MR) is 309 cm³/mol. The molecule has 1 aliphatic carbocycles. The summed E-state index contributed by atoms with van der Waals surface area (Å²) in [6.45, 7) is 12.2. The molecule has 1 unspecified atom stereocenters. The lowest BCUT2D eigenvalue weighted by Crippen LogP contribution is -2.36. The Labute approximate surface area is 498 Å². The molecule has 5 rings (SSSR count). The Balaban J connectivity index is 1.28. The number of ether oxygens (including phenoxy) is 11. The molecule has 25 nitrogen and oxygen atoms in total. The third-order valence-corrected chi connectivity index (χ3v) is 15.3. The third kappa shape index (κ3) is 25.7. The first-order chi connectivity index (χ1) is 41.1. The Morgan fingerprint density at radius 3 is 1.69 bits per heavy atom. The first kappa shape index (κ1) is 70.7. The van der Waals surface area contributed by atoms with Crippen molar-refractivity contribution in [3.05, 3.63) is 83.1 Å². The fourth-order valence-electron chi connectivity index (χ4n) is 9.27. The number of hydrogen-bond donors (Lipinski definition) is 1. The molecule has 0 aromatic heterocycles. The predicted octanol–water partition coefficient (Wildman–Crippen LogP) is 4.01. The molecule has 1 aromatic carbocycles. The minimum absolute atomic E-state index is 0.00169. The molecule has 1 atom stereocenters. The summed E-state index contributed by atoms with van der Waals surface area (Å²) in [6, 6.07) is 11.8. The molecule has 1 N–H and O–H groups in total. The summed E-state index contributed by atoms with van der Waals surface area (Å²) >= 11 is 0. The van der Waals surface area contributed by atoms with E-state index < -0.39 is 54.1 Å². The highest BCUT2D eigenvalue weighted by Crippen LogP contribution is 2.51. The van der Waals surface area contributed by atoms with E-state index in [0.29, 0.717) is 199 Å². The largest absolute Gasteiger partial charge is 0.744 e. The molecular formula is C58H85N3O22S2. The van der Waals surface area contributed by atoms with E-state index in [-0.39, 0.29) is 32.1 Å². The van der Waals surface area contributed by atoms with Crippen LogP contribution >= 0.6 is 0 Å². The van der Waals surface area contributed by atoms with Crippen molar-refractivity contribution in [1.29, 1.82) is 0 Å². The van der Waals surface area contributed by atoms with E-state index in [1.165, 1.54) is 12.1 Å². The van der Waals surface area contributed by atoms with Crippen LogP contribution in [0.3, 0.4) is 0 Å². The summed E-state index contributed by atoms with van der Waals surface area (Å²) in [6.07, 6.45) is 8.57. The second kappa shape index (κ2) is 38.9. The van der Waals surface area contributed by atoms with Crippen LogP contribution in [0.15, 0.2) is 75.9 Å². The lowest BCUT2D eigenvalue weighted by Gasteiger charge is -2.30. The molecule has 27 heteroatoms. The number of carbonyl (C=O) groups excluding carboxylic acids is 3. The number of rotatable bonds is 47. The number of hydrogen-bond acceptors (Lipinski definition) is 22. The van der Waals surface area contributed by atoms with E-state index >= 15 is 0 Å². The van der Waals surface area contributed by atoms with Crippen LogP contribution in [0.4, 0.5) is 5.69 Å². The molecule has 1 aromatic rings. The van der Waals surface area contributed by atoms with E-state index in [1.807, 2.05) is 54.3 Å². The van der Waals surface area contributed by atoms with Crippen molar-refractivity contribution in [3.63, 3.8) is 0 Å². The summed E-state index contributed by atoms with van der Waals surface area (Å²) in [4.78, 5) is 43.0. The second-order valence-electron chi connectivity index (χ2n) is 19.8. The first-order valence-corrected chi connectivity index (χ1v) is 31.6. The monoisotopic (exact) mass is 1240 g/mol. The lowest BCUT2D eigenvalue weighted by molar-refractivity contribution is -0.197. The minimum Gasteiger partial charge on any atom is -0.744 e. The summed E-state index contributed by atoms with van der Waals surface area (Å²) in [7, 11) is -6.01. The van der Waals surface area contributed by atoms with Gasteiger partial charge in [-0.3, -0.25) is 14.1 Å². The standard InChI is InChI=1S/C58H85N3O22S2/c1-58(19-8-44-84(65,66)67)51-46-49(85(68,69)70)13-15-52(51)60(20-6-4-5-11-57(64)83-61-55(62)16-17-56(61)63)54(58)10-7-9-47-18-23-82-53-45-48(12-14-50(47)53)59(21-24-73-30-32-77-38-40-79-36-34-75-28-26-71-2)22-25-74-31-33-78-39-41-81-43-42-80-37-35-76-29-27-72-3/h7,9-10,12-15,18,23,45-46H,4-6,8,11,16-17,19-22,24-44H2,1-3H3,(H-,65,66,67,68,69,70). The quantitative estimate of drug-likeness (QED) is 0.0361. The highest BCUT2D eigenvalue weighted by molar-refractivity contribution is 7.86. The first-order valence-electron chi connectivity index (χ1n) is 28.6. The van der Waals surface area contributed by atoms with E-state index in [4.69, 9.17) is 61.4 Å². The van der Waals surface area contributed by atoms with Crippen LogP contribution in [0, 0.1) is 0 Å². The molecule has 476 valence electrons. The van der Waals surface area contributed by atoms with E-state index in [2.05, 4.69) is 4.58 Å². The molecule has 0 spiro atoms. The Kier molecular flexibility index (Phi) is 32.4. The number of unbranched alkanes of at least 4 members (excludes halogenated alkanes) is 2. The zero-order valence-electron chi connectivity index (χ0n) is 49.2. The number of methoxy groups -OCH3 is 2. The number of hydroxylamine groups is 2. The van der Waals surface area contributed by atoms with Gasteiger partial charge in [-0.05, 0) is 80.1 Å². The van der Waals surface area contributed by atoms with E-state index in [1.54, 1.807) is 26.5 Å². The van der Waals surface area contributed by atoms with Gasteiger partial charge in [0.1, 0.15) is 29.1 Å². The molecule has 2 amide bonds. The van der Waals surface area contributed by atoms with Gasteiger partial charge in [0.25, 0.3) is 21.9 Å². The molecule has 3 aliphatic heterocycles. The summed E-state index contributed by atoms with van der Waals surface area (Å²) < 4.78 is 140. The average Bonchev–Trinajstić information content (AvgIpc) is 1.94. The van der Waals surface area contributed by atoms with Gasteiger partial charge in [0.05, 0.1) is 142 Å². The number of carbonyl (C=O) groups is 3. The maximum atomic E-state index is 12.5. The number of benzene rings is 2. The fourth-order valence-corrected chi connectivity index (χ4v) is 10.3. The van der Waals surface area contributed by atoms with Crippen molar-refractivity contribution in [2.45, 2.75) is 68.6 Å². The van der Waals surface area contributed by atoms with Crippen LogP contribution in [-0.4, -0.2) is 221 Å². The van der Waals surface area contributed by atoms with Gasteiger partial charge in [0, 0.05) is 68.5 Å². The van der Waals surface area contributed by atoms with Crippen molar-refractivity contribution in [2.75, 3.05) is 177 Å². The van der Waals surface area contributed by atoms with Crippen molar-refractivity contribution in [1.82, 2.24) is 9.64 Å². The van der Waals surface area contributed by atoms with Gasteiger partial charge < -0.3 is 70.8 Å². The molecule has 3 heterocycles. The van der Waals surface area contributed by atoms with Gasteiger partial charge in [-0.15, -0.1) is 5.06 Å². The van der Waals surface area contributed by atoms with Gasteiger partial charge in [-0.25, -0.2) is 17.8 Å². The molecule has 1 saturated heterocycles. The number of imide groups is 1. The van der Waals surface area contributed by atoms with Crippen molar-refractivity contribution >= 4 is 49.8 Å². The normalized spacial score (nSPS) is 16.5. The van der Waals surface area contributed by atoms with E-state index in [0.717, 1.165) is 16.5 Å². The summed E-state index contributed by atoms with van der Waals surface area (Å²) in [5.74, 6) is -1.83. The molecule has 0 saturated carbocycles. The Bertz CT molecular complexity index is 2810. The SMILES string of the molecule is COCCOCCOCCOCCOCCOCC[N+](CCOCCOCCOCCOCCOC)=c1ccc2c(/C=C/C=C3/N(CCCCCC(=O)ON4C(=O)CCC4=O)c4ccc(S(=O)(=O)[O-])cc4C3(C)CCCS(=O)(=O)O)ccoc-2c1. The van der Waals surface area contributed by atoms with Gasteiger partial charge >= 0.3 is 5.97 Å². The zero-order valence-corrected chi connectivity index (χ0v) is 50.8. The Hall–Kier alpha value is -5.08. The molecule has 0 radical (unpaired) electrons. The van der Waals surface area contributed by atoms with E-state index in [9.17, 15) is 40.3 Å². The van der Waals surface area contributed by atoms with Crippen LogP contribution in [0.1, 0.15) is 69.4 Å². The topological polar surface area (TPSA) is 296 Å². The zero-order chi connectivity index (χ0) is 61.2. The summed E-state index contributed by atoms with van der Waals surface area (Å²) in [5.41, 5.74) is 2.27. The van der Waals surface area contributed by atoms with Gasteiger partial charge in [-0.1, -0.05) is 18.6 Å². The minimum atomic E-state index is -4.90. The maximum absolute atomic E-state index is 12.5. The van der Waals surface area contributed by atoms with Crippen LogP contribution in [0.2, 0.25) is 0 Å². The van der Waals surface area contributed by atoms with Crippen LogP contribution in [-0.2, 0) is 97.0 Å². The summed E-state index contributed by atoms with van der Waals surface area (Å²) in [5, 5.41) is 1.37. The number of allylic oxidation sites excluding steroid dienone is 3. The molecule has 4 aliphatic rings. The molecule has 1 fully saturated rings. The van der Waals surface area contributed by atoms with Gasteiger partial charge in [0.15, 0.2) is 13.1 Å². The highest BCUT2D eigenvalue weighted by atomic mass is 32.2. The highest BCUT2D eigenvalue weighted by Gasteiger charge is 2.43. The molecular weight excluding hydrogens is 1150 g/mol. The third-order valence-electron chi connectivity index (χ3n) is 13.6. The van der Waals surface area contributed by atoms with Crippen LogP contribution in [0.25, 0.3) is 17.4 Å². The smallest absolute Gasteiger partial charge is 0.333 e. The van der Waals surface area contributed by atoms with Crippen molar-refractivity contribution in [2.24, 2.45) is 0 Å². The lowest BCUT2D eigenvalue weighted by atomic mass is 9.77. The molecule has 85 heavy (non-hydrogen) atoms.